The Bertz CT molecular complexity index is 953. The molecule has 1 aliphatic heterocycles. The number of hydrazone groups is 2. The van der Waals surface area contributed by atoms with Crippen molar-refractivity contribution < 1.29 is 0 Å². The third-order valence-electron chi connectivity index (χ3n) is 4.47. The van der Waals surface area contributed by atoms with Crippen LogP contribution in [0.3, 0.4) is 0 Å². The summed E-state index contributed by atoms with van der Waals surface area (Å²) in [5.74, 6) is 6.21. The molecule has 0 atom stereocenters. The standard InChI is InChI=1S/C20H19N5/c1-13-18-16(19(22-13)15-10-6-3-7-11-15)12-17(24-25-20(18)23-21)14-8-4-2-5-9-14/h2-11,22H,12,21H2,1H3,(H,23,25). The van der Waals surface area contributed by atoms with Crippen LogP contribution in [0.5, 0.6) is 0 Å². The number of rotatable bonds is 2. The maximum atomic E-state index is 5.63. The molecule has 0 bridgehead atoms. The van der Waals surface area contributed by atoms with E-state index in [2.05, 4.69) is 44.9 Å². The monoisotopic (exact) mass is 329 g/mol. The molecule has 0 spiro atoms. The third kappa shape index (κ3) is 2.70. The summed E-state index contributed by atoms with van der Waals surface area (Å²) in [5.41, 5.74) is 10.5. The lowest BCUT2D eigenvalue weighted by Gasteiger charge is -2.07. The molecular weight excluding hydrogens is 310 g/mol. The Balaban J connectivity index is 1.89. The number of nitrogens with one attached hydrogen (secondary N) is 2. The molecule has 4 rings (SSSR count). The molecule has 0 unspecified atom stereocenters. The van der Waals surface area contributed by atoms with Crippen LogP contribution in [0.2, 0.25) is 0 Å². The van der Waals surface area contributed by atoms with E-state index >= 15 is 0 Å². The summed E-state index contributed by atoms with van der Waals surface area (Å²) in [6.07, 6.45) is 0.694. The molecule has 0 amide bonds. The zero-order valence-electron chi connectivity index (χ0n) is 14.0. The zero-order chi connectivity index (χ0) is 17.2. The van der Waals surface area contributed by atoms with Crippen molar-refractivity contribution in [2.24, 2.45) is 16.0 Å². The summed E-state index contributed by atoms with van der Waals surface area (Å²) >= 11 is 0. The van der Waals surface area contributed by atoms with Crippen molar-refractivity contribution in [2.75, 3.05) is 0 Å². The average Bonchev–Trinajstić information content (AvgIpc) is 2.87. The average molecular weight is 329 g/mol. The Morgan fingerprint density at radius 2 is 1.60 bits per heavy atom. The summed E-state index contributed by atoms with van der Waals surface area (Å²) in [4.78, 5) is 3.50. The van der Waals surface area contributed by atoms with Crippen molar-refractivity contribution in [3.63, 3.8) is 0 Å². The number of nitrogens with zero attached hydrogens (tertiary/aromatic N) is 2. The van der Waals surface area contributed by atoms with Crippen LogP contribution in [-0.4, -0.2) is 16.5 Å². The van der Waals surface area contributed by atoms with E-state index in [1.807, 2.05) is 43.3 Å². The van der Waals surface area contributed by atoms with Crippen LogP contribution in [0.25, 0.3) is 11.3 Å². The quantitative estimate of drug-likeness (QED) is 0.499. The Morgan fingerprint density at radius 3 is 2.24 bits per heavy atom. The highest BCUT2D eigenvalue weighted by molar-refractivity contribution is 6.10. The van der Waals surface area contributed by atoms with E-state index < -0.39 is 0 Å². The number of hydrogen-bond acceptors (Lipinski definition) is 3. The largest absolute Gasteiger partial charge is 0.358 e. The molecule has 0 aliphatic carbocycles. The first-order valence-electron chi connectivity index (χ1n) is 8.21. The molecule has 0 saturated carbocycles. The number of aromatic nitrogens is 1. The summed E-state index contributed by atoms with van der Waals surface area (Å²) in [7, 11) is 0. The van der Waals surface area contributed by atoms with E-state index in [1.165, 1.54) is 0 Å². The van der Waals surface area contributed by atoms with Gasteiger partial charge in [0.05, 0.1) is 5.71 Å². The molecule has 0 fully saturated rings. The molecule has 4 N–H and O–H groups in total. The van der Waals surface area contributed by atoms with E-state index in [1.54, 1.807) is 0 Å². The van der Waals surface area contributed by atoms with Gasteiger partial charge in [-0.05, 0) is 23.6 Å². The van der Waals surface area contributed by atoms with Gasteiger partial charge in [0.2, 0.25) is 0 Å². The van der Waals surface area contributed by atoms with E-state index in [-0.39, 0.29) is 0 Å². The van der Waals surface area contributed by atoms with E-state index in [0.717, 1.165) is 39.4 Å². The predicted octanol–water partition coefficient (Wildman–Crippen LogP) is 3.16. The lowest BCUT2D eigenvalue weighted by atomic mass is 9.96. The highest BCUT2D eigenvalue weighted by Gasteiger charge is 2.24. The predicted molar refractivity (Wildman–Crippen MR) is 102 cm³/mol. The van der Waals surface area contributed by atoms with Crippen molar-refractivity contribution in [2.45, 2.75) is 13.3 Å². The van der Waals surface area contributed by atoms with Gasteiger partial charge in [0.15, 0.2) is 5.84 Å². The van der Waals surface area contributed by atoms with Crippen LogP contribution in [0.15, 0.2) is 70.9 Å². The van der Waals surface area contributed by atoms with E-state index in [4.69, 9.17) is 5.84 Å². The number of aryl methyl sites for hydroxylation is 1. The van der Waals surface area contributed by atoms with Gasteiger partial charge in [-0.1, -0.05) is 60.7 Å². The van der Waals surface area contributed by atoms with Crippen molar-refractivity contribution in [1.29, 1.82) is 0 Å². The SMILES string of the molecule is Cc1[nH]c(-c2ccccc2)c2c1C(=NN)NN=C(c1ccccc1)C2. The van der Waals surface area contributed by atoms with Gasteiger partial charge in [-0.3, -0.25) is 5.43 Å². The highest BCUT2D eigenvalue weighted by Crippen LogP contribution is 2.30. The second-order valence-electron chi connectivity index (χ2n) is 6.04. The number of nitrogens with two attached hydrogens (primary N) is 1. The number of benzene rings is 2. The molecule has 2 heterocycles. The van der Waals surface area contributed by atoms with Crippen LogP contribution in [0.1, 0.15) is 22.4 Å². The molecule has 1 aliphatic rings. The first-order valence-corrected chi connectivity index (χ1v) is 8.21. The summed E-state index contributed by atoms with van der Waals surface area (Å²) in [5, 5.41) is 8.47. The fourth-order valence-corrected chi connectivity index (χ4v) is 3.30. The number of H-pyrrole nitrogens is 1. The van der Waals surface area contributed by atoms with Gasteiger partial charge >= 0.3 is 0 Å². The van der Waals surface area contributed by atoms with Gasteiger partial charge in [0, 0.05) is 23.4 Å². The smallest absolute Gasteiger partial charge is 0.175 e. The van der Waals surface area contributed by atoms with Crippen LogP contribution >= 0.6 is 0 Å². The third-order valence-corrected chi connectivity index (χ3v) is 4.47. The van der Waals surface area contributed by atoms with E-state index in [9.17, 15) is 0 Å². The molecule has 124 valence electrons. The van der Waals surface area contributed by atoms with Crippen LogP contribution in [0, 0.1) is 6.92 Å². The van der Waals surface area contributed by atoms with Crippen molar-refractivity contribution in [3.05, 3.63) is 83.0 Å². The summed E-state index contributed by atoms with van der Waals surface area (Å²) in [6, 6.07) is 20.5. The molecule has 5 nitrogen and oxygen atoms in total. The normalized spacial score (nSPS) is 15.2. The lowest BCUT2D eigenvalue weighted by molar-refractivity contribution is 1.00. The molecular formula is C20H19N5. The van der Waals surface area contributed by atoms with E-state index in [0.29, 0.717) is 12.3 Å². The Morgan fingerprint density at radius 1 is 0.960 bits per heavy atom. The van der Waals surface area contributed by atoms with Crippen LogP contribution in [-0.2, 0) is 6.42 Å². The van der Waals surface area contributed by atoms with Crippen LogP contribution in [0.4, 0.5) is 0 Å². The van der Waals surface area contributed by atoms with Gasteiger partial charge in [0.25, 0.3) is 0 Å². The molecule has 2 aromatic carbocycles. The Labute approximate surface area is 146 Å². The number of fused-ring (bicyclic) bond motifs is 1. The van der Waals surface area contributed by atoms with Crippen molar-refractivity contribution >= 4 is 11.5 Å². The number of aromatic amines is 1. The van der Waals surface area contributed by atoms with Gasteiger partial charge in [-0.2, -0.15) is 10.2 Å². The van der Waals surface area contributed by atoms with Gasteiger partial charge in [-0.25, -0.2) is 0 Å². The minimum absolute atomic E-state index is 0.580. The van der Waals surface area contributed by atoms with Gasteiger partial charge in [-0.15, -0.1) is 0 Å². The molecule has 5 heteroatoms. The first kappa shape index (κ1) is 15.2. The molecule has 1 aromatic heterocycles. The molecule has 0 saturated heterocycles. The van der Waals surface area contributed by atoms with Crippen molar-refractivity contribution in [1.82, 2.24) is 10.4 Å². The maximum Gasteiger partial charge on any atom is 0.175 e. The number of amidine groups is 1. The molecule has 25 heavy (non-hydrogen) atoms. The molecule has 3 aromatic rings. The van der Waals surface area contributed by atoms with Gasteiger partial charge in [0.1, 0.15) is 0 Å². The minimum atomic E-state index is 0.580. The Hall–Kier alpha value is -3.34. The highest BCUT2D eigenvalue weighted by atomic mass is 15.4. The molecule has 0 radical (unpaired) electrons. The maximum absolute atomic E-state index is 5.63. The summed E-state index contributed by atoms with van der Waals surface area (Å²) in [6.45, 7) is 2.03. The summed E-state index contributed by atoms with van der Waals surface area (Å²) < 4.78 is 0. The second-order valence-corrected chi connectivity index (χ2v) is 6.04. The number of hydrogen-bond donors (Lipinski definition) is 3. The second kappa shape index (κ2) is 6.28. The Kier molecular flexibility index (Phi) is 3.82. The van der Waals surface area contributed by atoms with Gasteiger partial charge < -0.3 is 10.8 Å². The zero-order valence-corrected chi connectivity index (χ0v) is 14.0. The van der Waals surface area contributed by atoms with Crippen molar-refractivity contribution in [3.8, 4) is 11.3 Å². The topological polar surface area (TPSA) is 78.6 Å². The first-order chi connectivity index (χ1) is 12.3. The minimum Gasteiger partial charge on any atom is -0.358 e. The lowest BCUT2D eigenvalue weighted by Crippen LogP contribution is -2.21. The van der Waals surface area contributed by atoms with Crippen LogP contribution < -0.4 is 11.3 Å². The fourth-order valence-electron chi connectivity index (χ4n) is 3.30. The fraction of sp³-hybridized carbons (Fsp3) is 0.100.